The van der Waals surface area contributed by atoms with E-state index in [1.165, 1.54) is 0 Å². The summed E-state index contributed by atoms with van der Waals surface area (Å²) in [7, 11) is 3.23. The van der Waals surface area contributed by atoms with Crippen molar-refractivity contribution in [1.29, 1.82) is 0 Å². The van der Waals surface area contributed by atoms with Crippen LogP contribution >= 0.6 is 0 Å². The Balaban J connectivity index is 2.32. The summed E-state index contributed by atoms with van der Waals surface area (Å²) in [6.07, 6.45) is 0. The summed E-state index contributed by atoms with van der Waals surface area (Å²) < 4.78 is 15.8. The second-order valence-corrected chi connectivity index (χ2v) is 3.87. The molecule has 0 radical (unpaired) electrons. The molecule has 17 heavy (non-hydrogen) atoms. The molecule has 0 bridgehead atoms. The SMILES string of the molecule is COc1cc(N)c(N2CCOCC2)cc1OC. The van der Waals surface area contributed by atoms with Gasteiger partial charge in [-0.05, 0) is 0 Å². The largest absolute Gasteiger partial charge is 0.493 e. The maximum atomic E-state index is 6.03. The Morgan fingerprint density at radius 2 is 1.71 bits per heavy atom. The molecule has 0 unspecified atom stereocenters. The summed E-state index contributed by atoms with van der Waals surface area (Å²) in [6.45, 7) is 3.15. The average molecular weight is 238 g/mol. The highest BCUT2D eigenvalue weighted by Gasteiger charge is 2.17. The molecular formula is C12H18N2O3. The van der Waals surface area contributed by atoms with Gasteiger partial charge in [0.1, 0.15) is 0 Å². The van der Waals surface area contributed by atoms with Crippen LogP contribution < -0.4 is 20.1 Å². The number of benzene rings is 1. The van der Waals surface area contributed by atoms with E-state index in [1.54, 1.807) is 20.3 Å². The first kappa shape index (κ1) is 11.9. The first-order valence-electron chi connectivity index (χ1n) is 5.60. The summed E-state index contributed by atoms with van der Waals surface area (Å²) in [5.41, 5.74) is 7.71. The van der Waals surface area contributed by atoms with Gasteiger partial charge in [-0.2, -0.15) is 0 Å². The molecule has 0 amide bonds. The third kappa shape index (κ3) is 2.39. The average Bonchev–Trinajstić information content (AvgIpc) is 2.39. The highest BCUT2D eigenvalue weighted by Crippen LogP contribution is 2.36. The second-order valence-electron chi connectivity index (χ2n) is 3.87. The van der Waals surface area contributed by atoms with Gasteiger partial charge in [0.15, 0.2) is 11.5 Å². The van der Waals surface area contributed by atoms with Crippen molar-refractivity contribution < 1.29 is 14.2 Å². The molecule has 1 heterocycles. The van der Waals surface area contributed by atoms with E-state index >= 15 is 0 Å². The van der Waals surface area contributed by atoms with E-state index in [9.17, 15) is 0 Å². The quantitative estimate of drug-likeness (QED) is 0.800. The van der Waals surface area contributed by atoms with Crippen LogP contribution in [-0.2, 0) is 4.74 Å². The van der Waals surface area contributed by atoms with Gasteiger partial charge in [-0.3, -0.25) is 0 Å². The fourth-order valence-corrected chi connectivity index (χ4v) is 1.96. The zero-order chi connectivity index (χ0) is 12.3. The van der Waals surface area contributed by atoms with Crippen molar-refractivity contribution in [3.05, 3.63) is 12.1 Å². The summed E-state index contributed by atoms with van der Waals surface area (Å²) in [5, 5.41) is 0. The molecule has 0 aliphatic carbocycles. The lowest BCUT2D eigenvalue weighted by atomic mass is 10.2. The number of ether oxygens (including phenoxy) is 3. The molecule has 2 N–H and O–H groups in total. The minimum Gasteiger partial charge on any atom is -0.493 e. The Morgan fingerprint density at radius 1 is 1.12 bits per heavy atom. The van der Waals surface area contributed by atoms with Crippen molar-refractivity contribution in [2.75, 3.05) is 51.2 Å². The van der Waals surface area contributed by atoms with Crippen molar-refractivity contribution >= 4 is 11.4 Å². The van der Waals surface area contributed by atoms with Gasteiger partial charge >= 0.3 is 0 Å². The molecule has 1 aliphatic heterocycles. The maximum absolute atomic E-state index is 6.03. The van der Waals surface area contributed by atoms with Crippen molar-refractivity contribution in [3.63, 3.8) is 0 Å². The van der Waals surface area contributed by atoms with E-state index in [2.05, 4.69) is 4.90 Å². The number of rotatable bonds is 3. The van der Waals surface area contributed by atoms with Crippen LogP contribution in [0, 0.1) is 0 Å². The monoisotopic (exact) mass is 238 g/mol. The van der Waals surface area contributed by atoms with Crippen LogP contribution in [-0.4, -0.2) is 40.5 Å². The molecule has 0 saturated carbocycles. The number of hydrogen-bond acceptors (Lipinski definition) is 5. The van der Waals surface area contributed by atoms with Crippen LogP contribution in [0.15, 0.2) is 12.1 Å². The Morgan fingerprint density at radius 3 is 2.29 bits per heavy atom. The van der Waals surface area contributed by atoms with Gasteiger partial charge < -0.3 is 24.8 Å². The van der Waals surface area contributed by atoms with Gasteiger partial charge in [0, 0.05) is 25.2 Å². The highest BCUT2D eigenvalue weighted by atomic mass is 16.5. The number of nitrogen functional groups attached to an aromatic ring is 1. The van der Waals surface area contributed by atoms with E-state index in [1.807, 2.05) is 6.07 Å². The first-order chi connectivity index (χ1) is 8.26. The number of nitrogens with zero attached hydrogens (tertiary/aromatic N) is 1. The summed E-state index contributed by atoms with van der Waals surface area (Å²) in [6, 6.07) is 3.71. The molecule has 5 heteroatoms. The van der Waals surface area contributed by atoms with Crippen LogP contribution in [0.25, 0.3) is 0 Å². The predicted molar refractivity (Wildman–Crippen MR) is 67.0 cm³/mol. The van der Waals surface area contributed by atoms with E-state index in [0.717, 1.165) is 32.0 Å². The minimum absolute atomic E-state index is 0.655. The molecule has 2 rings (SSSR count). The Bertz CT molecular complexity index is 390. The number of anilines is 2. The van der Waals surface area contributed by atoms with Gasteiger partial charge in [0.05, 0.1) is 38.8 Å². The number of methoxy groups -OCH3 is 2. The highest BCUT2D eigenvalue weighted by molar-refractivity contribution is 5.73. The molecule has 1 aromatic carbocycles. The van der Waals surface area contributed by atoms with Crippen LogP contribution in [0.2, 0.25) is 0 Å². The molecule has 1 saturated heterocycles. The Labute approximate surface area is 101 Å². The van der Waals surface area contributed by atoms with Crippen molar-refractivity contribution in [2.24, 2.45) is 0 Å². The predicted octanol–water partition coefficient (Wildman–Crippen LogP) is 1.12. The van der Waals surface area contributed by atoms with Gasteiger partial charge in [0.2, 0.25) is 0 Å². The molecule has 0 atom stereocenters. The van der Waals surface area contributed by atoms with Gasteiger partial charge in [-0.25, -0.2) is 0 Å². The zero-order valence-electron chi connectivity index (χ0n) is 10.2. The fraction of sp³-hybridized carbons (Fsp3) is 0.500. The molecule has 1 aromatic rings. The normalized spacial score (nSPS) is 15.8. The molecule has 94 valence electrons. The third-order valence-electron chi connectivity index (χ3n) is 2.88. The minimum atomic E-state index is 0.655. The number of nitrogens with two attached hydrogens (primary N) is 1. The van der Waals surface area contributed by atoms with Crippen LogP contribution in [0.1, 0.15) is 0 Å². The third-order valence-corrected chi connectivity index (χ3v) is 2.88. The van der Waals surface area contributed by atoms with Crippen molar-refractivity contribution in [3.8, 4) is 11.5 Å². The van der Waals surface area contributed by atoms with Crippen LogP contribution in [0.3, 0.4) is 0 Å². The maximum Gasteiger partial charge on any atom is 0.162 e. The van der Waals surface area contributed by atoms with E-state index in [0.29, 0.717) is 17.2 Å². The van der Waals surface area contributed by atoms with Gasteiger partial charge in [-0.1, -0.05) is 0 Å². The van der Waals surface area contributed by atoms with Crippen molar-refractivity contribution in [1.82, 2.24) is 0 Å². The van der Waals surface area contributed by atoms with E-state index in [4.69, 9.17) is 19.9 Å². The Hall–Kier alpha value is -1.62. The lowest BCUT2D eigenvalue weighted by molar-refractivity contribution is 0.122. The smallest absolute Gasteiger partial charge is 0.162 e. The van der Waals surface area contributed by atoms with E-state index in [-0.39, 0.29) is 0 Å². The Kier molecular flexibility index (Phi) is 3.58. The molecule has 1 fully saturated rings. The lowest BCUT2D eigenvalue weighted by Crippen LogP contribution is -2.36. The van der Waals surface area contributed by atoms with Gasteiger partial charge in [0.25, 0.3) is 0 Å². The molecule has 0 aromatic heterocycles. The number of hydrogen-bond donors (Lipinski definition) is 1. The summed E-state index contributed by atoms with van der Waals surface area (Å²) in [4.78, 5) is 2.20. The fourth-order valence-electron chi connectivity index (χ4n) is 1.96. The number of morpholine rings is 1. The second kappa shape index (κ2) is 5.14. The van der Waals surface area contributed by atoms with Crippen LogP contribution in [0.4, 0.5) is 11.4 Å². The van der Waals surface area contributed by atoms with E-state index < -0.39 is 0 Å². The molecule has 0 spiro atoms. The summed E-state index contributed by atoms with van der Waals surface area (Å²) in [5.74, 6) is 1.35. The topological polar surface area (TPSA) is 57.0 Å². The van der Waals surface area contributed by atoms with Crippen LogP contribution in [0.5, 0.6) is 11.5 Å². The molecular weight excluding hydrogens is 220 g/mol. The zero-order valence-corrected chi connectivity index (χ0v) is 10.2. The molecule has 5 nitrogen and oxygen atoms in total. The first-order valence-corrected chi connectivity index (χ1v) is 5.60. The summed E-state index contributed by atoms with van der Waals surface area (Å²) >= 11 is 0. The van der Waals surface area contributed by atoms with Gasteiger partial charge in [-0.15, -0.1) is 0 Å². The van der Waals surface area contributed by atoms with Crippen molar-refractivity contribution in [2.45, 2.75) is 0 Å². The molecule has 1 aliphatic rings. The standard InChI is InChI=1S/C12H18N2O3/c1-15-11-7-9(13)10(8-12(11)16-2)14-3-5-17-6-4-14/h7-8H,3-6,13H2,1-2H3. The lowest BCUT2D eigenvalue weighted by Gasteiger charge is -2.30.